The summed E-state index contributed by atoms with van der Waals surface area (Å²) in [4.78, 5) is 24.3. The Morgan fingerprint density at radius 1 is 1.47 bits per heavy atom. The van der Waals surface area contributed by atoms with Gasteiger partial charge in [-0.2, -0.15) is 0 Å². The van der Waals surface area contributed by atoms with Crippen molar-refractivity contribution in [1.29, 1.82) is 0 Å². The fraction of sp³-hybridized carbons (Fsp3) is 0.818. The van der Waals surface area contributed by atoms with Crippen molar-refractivity contribution in [3.63, 3.8) is 0 Å². The number of carbonyl (C=O) groups excluding carboxylic acids is 2. The number of alkyl halides is 2. The molecule has 4 nitrogen and oxygen atoms in total. The van der Waals surface area contributed by atoms with Crippen molar-refractivity contribution in [1.82, 2.24) is 4.90 Å². The van der Waals surface area contributed by atoms with Gasteiger partial charge in [0.2, 0.25) is 11.8 Å². The van der Waals surface area contributed by atoms with Gasteiger partial charge in [0.15, 0.2) is 0 Å². The molecule has 0 aromatic carbocycles. The minimum absolute atomic E-state index is 0.00977. The van der Waals surface area contributed by atoms with Crippen LogP contribution in [0.5, 0.6) is 0 Å². The van der Waals surface area contributed by atoms with Crippen LogP contribution in [-0.2, 0) is 9.59 Å². The molecule has 2 amide bonds. The third kappa shape index (κ3) is 2.46. The first-order chi connectivity index (χ1) is 7.64. The first-order valence-corrected chi connectivity index (χ1v) is 5.57. The van der Waals surface area contributed by atoms with E-state index in [1.807, 2.05) is 0 Å². The zero-order valence-electron chi connectivity index (χ0n) is 10.3. The van der Waals surface area contributed by atoms with E-state index in [1.54, 1.807) is 20.8 Å². The van der Waals surface area contributed by atoms with Crippen molar-refractivity contribution in [2.24, 2.45) is 17.1 Å². The van der Waals surface area contributed by atoms with Crippen LogP contribution in [0.2, 0.25) is 0 Å². The van der Waals surface area contributed by atoms with E-state index in [0.29, 0.717) is 4.90 Å². The van der Waals surface area contributed by atoms with E-state index >= 15 is 0 Å². The highest BCUT2D eigenvalue weighted by molar-refractivity contribution is 6.05. The van der Waals surface area contributed by atoms with Gasteiger partial charge in [-0.3, -0.25) is 14.5 Å². The molecule has 0 aromatic rings. The molecular weight excluding hydrogens is 230 g/mol. The summed E-state index contributed by atoms with van der Waals surface area (Å²) in [6.45, 7) is 3.45. The minimum atomic E-state index is -3.21. The van der Waals surface area contributed by atoms with Crippen LogP contribution < -0.4 is 5.73 Å². The first-order valence-electron chi connectivity index (χ1n) is 5.57. The van der Waals surface area contributed by atoms with Gasteiger partial charge in [0.05, 0.1) is 18.5 Å². The van der Waals surface area contributed by atoms with Crippen LogP contribution in [-0.4, -0.2) is 35.7 Å². The molecule has 98 valence electrons. The topological polar surface area (TPSA) is 63.4 Å². The number of nitrogens with zero attached hydrogens (tertiary/aromatic N) is 1. The Bertz CT molecular complexity index is 344. The van der Waals surface area contributed by atoms with E-state index in [1.165, 1.54) is 0 Å². The summed E-state index contributed by atoms with van der Waals surface area (Å²) in [7, 11) is 0. The van der Waals surface area contributed by atoms with Crippen molar-refractivity contribution in [3.05, 3.63) is 0 Å². The smallest absolute Gasteiger partial charge is 0.277 e. The van der Waals surface area contributed by atoms with Crippen molar-refractivity contribution in [2.45, 2.75) is 33.1 Å². The van der Waals surface area contributed by atoms with Gasteiger partial charge in [-0.1, -0.05) is 13.8 Å². The second-order valence-electron chi connectivity index (χ2n) is 5.09. The minimum Gasteiger partial charge on any atom is -0.325 e. The average molecular weight is 248 g/mol. The second-order valence-corrected chi connectivity index (χ2v) is 5.09. The number of rotatable bonds is 4. The molecule has 1 rings (SSSR count). The fourth-order valence-corrected chi connectivity index (χ4v) is 1.81. The molecule has 0 radical (unpaired) electrons. The van der Waals surface area contributed by atoms with Crippen molar-refractivity contribution in [3.8, 4) is 0 Å². The van der Waals surface area contributed by atoms with Crippen molar-refractivity contribution < 1.29 is 18.4 Å². The van der Waals surface area contributed by atoms with Gasteiger partial charge in [0.25, 0.3) is 5.92 Å². The van der Waals surface area contributed by atoms with Gasteiger partial charge in [0, 0.05) is 6.42 Å². The van der Waals surface area contributed by atoms with Crippen LogP contribution in [0.25, 0.3) is 0 Å². The van der Waals surface area contributed by atoms with E-state index in [9.17, 15) is 18.4 Å². The predicted molar refractivity (Wildman–Crippen MR) is 58.3 cm³/mol. The molecule has 1 unspecified atom stereocenters. The first kappa shape index (κ1) is 14.0. The maximum Gasteiger partial charge on any atom is 0.277 e. The number of imide groups is 1. The Kier molecular flexibility index (Phi) is 3.57. The average Bonchev–Trinajstić information content (AvgIpc) is 2.43. The lowest BCUT2D eigenvalue weighted by atomic mass is 9.78. The molecule has 1 fully saturated rings. The Labute approximate surface area is 99.1 Å². The van der Waals surface area contributed by atoms with E-state index in [-0.39, 0.29) is 12.3 Å². The SMILES string of the molecule is CC(C)C1(C)CC(=O)N(CC(F)(F)CN)C1=O. The number of likely N-dealkylation sites (tertiary alicyclic amines) is 1. The van der Waals surface area contributed by atoms with Crippen LogP contribution >= 0.6 is 0 Å². The summed E-state index contributed by atoms with van der Waals surface area (Å²) >= 11 is 0. The maximum atomic E-state index is 13.1. The van der Waals surface area contributed by atoms with Crippen LogP contribution in [0.1, 0.15) is 27.2 Å². The van der Waals surface area contributed by atoms with Gasteiger partial charge in [-0.05, 0) is 12.8 Å². The molecule has 2 N–H and O–H groups in total. The number of amides is 2. The van der Waals surface area contributed by atoms with Gasteiger partial charge in [-0.25, -0.2) is 8.78 Å². The van der Waals surface area contributed by atoms with Gasteiger partial charge in [-0.15, -0.1) is 0 Å². The van der Waals surface area contributed by atoms with E-state index in [2.05, 4.69) is 0 Å². The summed E-state index contributed by atoms with van der Waals surface area (Å²) < 4.78 is 26.3. The lowest BCUT2D eigenvalue weighted by molar-refractivity contribution is -0.147. The van der Waals surface area contributed by atoms with Crippen LogP contribution in [0, 0.1) is 11.3 Å². The Balaban J connectivity index is 2.91. The second kappa shape index (κ2) is 4.33. The highest BCUT2D eigenvalue weighted by atomic mass is 19.3. The monoisotopic (exact) mass is 248 g/mol. The third-order valence-corrected chi connectivity index (χ3v) is 3.52. The Morgan fingerprint density at radius 2 is 2.00 bits per heavy atom. The van der Waals surface area contributed by atoms with Gasteiger partial charge < -0.3 is 5.73 Å². The number of hydrogen-bond acceptors (Lipinski definition) is 3. The standard InChI is InChI=1S/C11H18F2N2O2/c1-7(2)10(3)4-8(16)15(9(10)17)6-11(12,13)5-14/h7H,4-6,14H2,1-3H3. The largest absolute Gasteiger partial charge is 0.325 e. The molecule has 1 heterocycles. The van der Waals surface area contributed by atoms with Crippen molar-refractivity contribution in [2.75, 3.05) is 13.1 Å². The van der Waals surface area contributed by atoms with Crippen LogP contribution in [0.4, 0.5) is 8.78 Å². The summed E-state index contributed by atoms with van der Waals surface area (Å²) in [6, 6.07) is 0. The lowest BCUT2D eigenvalue weighted by Gasteiger charge is -2.27. The molecule has 1 aliphatic heterocycles. The van der Waals surface area contributed by atoms with Crippen LogP contribution in [0.15, 0.2) is 0 Å². The molecule has 0 bridgehead atoms. The molecule has 1 saturated heterocycles. The third-order valence-electron chi connectivity index (χ3n) is 3.52. The molecule has 0 aromatic heterocycles. The quantitative estimate of drug-likeness (QED) is 0.755. The van der Waals surface area contributed by atoms with Crippen LogP contribution in [0.3, 0.4) is 0 Å². The summed E-state index contributed by atoms with van der Waals surface area (Å²) in [5, 5.41) is 0. The lowest BCUT2D eigenvalue weighted by Crippen LogP contribution is -2.46. The predicted octanol–water partition coefficient (Wildman–Crippen LogP) is 1.00. The highest BCUT2D eigenvalue weighted by Gasteiger charge is 2.52. The summed E-state index contributed by atoms with van der Waals surface area (Å²) in [5.41, 5.74) is 4.03. The van der Waals surface area contributed by atoms with Crippen molar-refractivity contribution >= 4 is 11.8 Å². The Hall–Kier alpha value is -1.04. The summed E-state index contributed by atoms with van der Waals surface area (Å²) in [5.74, 6) is -4.35. The molecule has 1 atom stereocenters. The normalized spacial score (nSPS) is 26.2. The Morgan fingerprint density at radius 3 is 2.35 bits per heavy atom. The van der Waals surface area contributed by atoms with E-state index in [0.717, 1.165) is 0 Å². The molecule has 1 aliphatic rings. The molecule has 0 saturated carbocycles. The number of nitrogens with two attached hydrogens (primary N) is 1. The van der Waals surface area contributed by atoms with Gasteiger partial charge >= 0.3 is 0 Å². The fourth-order valence-electron chi connectivity index (χ4n) is 1.81. The van der Waals surface area contributed by atoms with E-state index < -0.39 is 36.2 Å². The summed E-state index contributed by atoms with van der Waals surface area (Å²) in [6.07, 6.45) is -0.00977. The molecular formula is C11H18F2N2O2. The molecule has 0 spiro atoms. The number of carbonyl (C=O) groups is 2. The molecule has 0 aliphatic carbocycles. The van der Waals surface area contributed by atoms with Gasteiger partial charge in [0.1, 0.15) is 0 Å². The maximum absolute atomic E-state index is 13.1. The number of halogens is 2. The zero-order chi connectivity index (χ0) is 13.4. The van der Waals surface area contributed by atoms with E-state index in [4.69, 9.17) is 5.73 Å². The number of hydrogen-bond donors (Lipinski definition) is 1. The highest BCUT2D eigenvalue weighted by Crippen LogP contribution is 2.39. The zero-order valence-corrected chi connectivity index (χ0v) is 10.3. The molecule has 17 heavy (non-hydrogen) atoms. The molecule has 6 heteroatoms.